The summed E-state index contributed by atoms with van der Waals surface area (Å²) in [5.41, 5.74) is 6.57. The van der Waals surface area contributed by atoms with Gasteiger partial charge < -0.3 is 10.3 Å². The maximum absolute atomic E-state index is 5.32. The lowest BCUT2D eigenvalue weighted by molar-refractivity contribution is 0.429. The van der Waals surface area contributed by atoms with E-state index in [1.165, 1.54) is 10.5 Å². The van der Waals surface area contributed by atoms with E-state index in [4.69, 9.17) is 5.73 Å². The number of thioether (sulfide) groups is 1. The number of nitrogens with two attached hydrogens (primary N) is 1. The number of hydrogen-bond acceptors (Lipinski definition) is 5. The van der Waals surface area contributed by atoms with Gasteiger partial charge in [0, 0.05) is 4.90 Å². The highest BCUT2D eigenvalue weighted by Crippen LogP contribution is 2.22. The summed E-state index contributed by atoms with van der Waals surface area (Å²) >= 11 is 1.66. The molecule has 78 valence electrons. The molecule has 1 aromatic heterocycles. The van der Waals surface area contributed by atoms with Gasteiger partial charge in [-0.15, -0.1) is 11.8 Å². The molecule has 0 aliphatic rings. The molecule has 2 aromatic rings. The van der Waals surface area contributed by atoms with Crippen molar-refractivity contribution >= 4 is 17.8 Å². The van der Waals surface area contributed by atoms with Gasteiger partial charge in [0.05, 0.1) is 5.75 Å². The molecule has 0 fully saturated rings. The van der Waals surface area contributed by atoms with Crippen LogP contribution < -0.4 is 5.73 Å². The third-order valence-corrected chi connectivity index (χ3v) is 2.83. The molecule has 0 radical (unpaired) electrons. The lowest BCUT2D eigenvalue weighted by Gasteiger charge is -1.99. The Morgan fingerprint density at radius 3 is 3.00 bits per heavy atom. The lowest BCUT2D eigenvalue weighted by Crippen LogP contribution is -1.86. The first-order valence-electron chi connectivity index (χ1n) is 4.51. The Kier molecular flexibility index (Phi) is 2.91. The van der Waals surface area contributed by atoms with Crippen LogP contribution in [-0.4, -0.2) is 10.1 Å². The van der Waals surface area contributed by atoms with E-state index in [1.54, 1.807) is 11.8 Å². The minimum atomic E-state index is 0.120. The van der Waals surface area contributed by atoms with Crippen LogP contribution in [0.4, 0.5) is 6.01 Å². The van der Waals surface area contributed by atoms with Crippen molar-refractivity contribution in [3.05, 3.63) is 35.7 Å². The van der Waals surface area contributed by atoms with E-state index in [0.29, 0.717) is 11.6 Å². The van der Waals surface area contributed by atoms with Gasteiger partial charge in [-0.25, -0.2) is 0 Å². The first kappa shape index (κ1) is 10.0. The summed E-state index contributed by atoms with van der Waals surface area (Å²) in [7, 11) is 0. The largest absolute Gasteiger partial charge is 0.351 e. The summed E-state index contributed by atoms with van der Waals surface area (Å²) in [5.74, 6) is 1.29. The van der Waals surface area contributed by atoms with Crippen LogP contribution in [0, 0.1) is 6.92 Å². The van der Waals surface area contributed by atoms with Crippen molar-refractivity contribution in [1.29, 1.82) is 0 Å². The summed E-state index contributed by atoms with van der Waals surface area (Å²) in [6.07, 6.45) is 0. The molecule has 2 N–H and O–H groups in total. The van der Waals surface area contributed by atoms with Crippen LogP contribution in [-0.2, 0) is 5.75 Å². The lowest BCUT2D eigenvalue weighted by atomic mass is 10.2. The van der Waals surface area contributed by atoms with E-state index >= 15 is 0 Å². The highest BCUT2D eigenvalue weighted by molar-refractivity contribution is 7.98. The van der Waals surface area contributed by atoms with Gasteiger partial charge in [0.1, 0.15) is 0 Å². The van der Waals surface area contributed by atoms with Crippen molar-refractivity contribution in [2.24, 2.45) is 0 Å². The van der Waals surface area contributed by atoms with E-state index in [1.807, 2.05) is 6.07 Å². The minimum Gasteiger partial charge on any atom is -0.351 e. The molecule has 1 aromatic carbocycles. The number of benzene rings is 1. The zero-order valence-corrected chi connectivity index (χ0v) is 9.12. The fourth-order valence-corrected chi connectivity index (χ4v) is 2.04. The van der Waals surface area contributed by atoms with Crippen LogP contribution in [0.1, 0.15) is 11.4 Å². The molecular formula is C10H11N3OS. The summed E-state index contributed by atoms with van der Waals surface area (Å²) in [6, 6.07) is 8.39. The third-order valence-electron chi connectivity index (χ3n) is 1.84. The molecular weight excluding hydrogens is 210 g/mol. The van der Waals surface area contributed by atoms with E-state index < -0.39 is 0 Å². The Labute approximate surface area is 91.9 Å². The van der Waals surface area contributed by atoms with E-state index in [2.05, 4.69) is 39.8 Å². The molecule has 0 unspecified atom stereocenters. The Balaban J connectivity index is 1.99. The molecule has 0 saturated carbocycles. The zero-order chi connectivity index (χ0) is 10.7. The molecule has 5 heteroatoms. The molecule has 0 spiro atoms. The zero-order valence-electron chi connectivity index (χ0n) is 8.30. The van der Waals surface area contributed by atoms with Crippen LogP contribution in [0.3, 0.4) is 0 Å². The second-order valence-electron chi connectivity index (χ2n) is 3.15. The predicted molar refractivity (Wildman–Crippen MR) is 59.5 cm³/mol. The van der Waals surface area contributed by atoms with E-state index in [-0.39, 0.29) is 6.01 Å². The average molecular weight is 221 g/mol. The van der Waals surface area contributed by atoms with Crippen LogP contribution in [0.2, 0.25) is 0 Å². The number of hydrogen-bond donors (Lipinski definition) is 1. The Morgan fingerprint density at radius 2 is 2.33 bits per heavy atom. The van der Waals surface area contributed by atoms with Crippen molar-refractivity contribution in [3.63, 3.8) is 0 Å². The van der Waals surface area contributed by atoms with Gasteiger partial charge in [0.25, 0.3) is 0 Å². The van der Waals surface area contributed by atoms with Gasteiger partial charge in [-0.05, 0) is 19.1 Å². The molecule has 1 heterocycles. The van der Waals surface area contributed by atoms with Crippen molar-refractivity contribution in [3.8, 4) is 0 Å². The molecule has 4 nitrogen and oxygen atoms in total. The van der Waals surface area contributed by atoms with Gasteiger partial charge >= 0.3 is 6.01 Å². The fraction of sp³-hybridized carbons (Fsp3) is 0.200. The Hall–Kier alpha value is -1.49. The molecule has 0 aliphatic heterocycles. The van der Waals surface area contributed by atoms with Gasteiger partial charge in [-0.3, -0.25) is 0 Å². The maximum Gasteiger partial charge on any atom is 0.318 e. The fourth-order valence-electron chi connectivity index (χ4n) is 1.18. The van der Waals surface area contributed by atoms with E-state index in [9.17, 15) is 0 Å². The SMILES string of the molecule is Cc1cccc(SCc2noc(N)n2)c1. The van der Waals surface area contributed by atoms with Crippen molar-refractivity contribution < 1.29 is 4.52 Å². The predicted octanol–water partition coefficient (Wildman–Crippen LogP) is 2.25. The molecule has 0 bridgehead atoms. The smallest absolute Gasteiger partial charge is 0.318 e. The number of nitrogen functional groups attached to an aromatic ring is 1. The normalized spacial score (nSPS) is 10.5. The molecule has 15 heavy (non-hydrogen) atoms. The van der Waals surface area contributed by atoms with Crippen molar-refractivity contribution in [1.82, 2.24) is 10.1 Å². The van der Waals surface area contributed by atoms with Crippen LogP contribution in [0.25, 0.3) is 0 Å². The standard InChI is InChI=1S/C10H11N3OS/c1-7-3-2-4-8(5-7)15-6-9-12-10(11)14-13-9/h2-5H,6H2,1H3,(H2,11,12,13). The van der Waals surface area contributed by atoms with Gasteiger partial charge in [0.2, 0.25) is 0 Å². The van der Waals surface area contributed by atoms with Gasteiger partial charge in [-0.2, -0.15) is 4.98 Å². The van der Waals surface area contributed by atoms with Crippen molar-refractivity contribution in [2.75, 3.05) is 5.73 Å². The molecule has 0 saturated heterocycles. The first-order chi connectivity index (χ1) is 7.24. The number of anilines is 1. The third kappa shape index (κ3) is 2.73. The number of rotatable bonds is 3. The van der Waals surface area contributed by atoms with Gasteiger partial charge in [0.15, 0.2) is 5.82 Å². The average Bonchev–Trinajstić information content (AvgIpc) is 2.62. The molecule has 0 amide bonds. The summed E-state index contributed by atoms with van der Waals surface area (Å²) < 4.78 is 4.68. The minimum absolute atomic E-state index is 0.120. The monoisotopic (exact) mass is 221 g/mol. The number of aryl methyl sites for hydroxylation is 1. The molecule has 0 atom stereocenters. The summed E-state index contributed by atoms with van der Waals surface area (Å²) in [5, 5.41) is 3.72. The highest BCUT2D eigenvalue weighted by Gasteiger charge is 2.03. The van der Waals surface area contributed by atoms with Crippen LogP contribution in [0.5, 0.6) is 0 Å². The second-order valence-corrected chi connectivity index (χ2v) is 4.20. The topological polar surface area (TPSA) is 64.9 Å². The molecule has 0 aliphatic carbocycles. The van der Waals surface area contributed by atoms with Crippen LogP contribution >= 0.6 is 11.8 Å². The number of nitrogens with zero attached hydrogens (tertiary/aromatic N) is 2. The highest BCUT2D eigenvalue weighted by atomic mass is 32.2. The Bertz CT molecular complexity index is 455. The maximum atomic E-state index is 5.32. The Morgan fingerprint density at radius 1 is 1.47 bits per heavy atom. The van der Waals surface area contributed by atoms with Crippen molar-refractivity contribution in [2.45, 2.75) is 17.6 Å². The van der Waals surface area contributed by atoms with E-state index in [0.717, 1.165) is 0 Å². The quantitative estimate of drug-likeness (QED) is 0.805. The molecule has 2 rings (SSSR count). The summed E-state index contributed by atoms with van der Waals surface area (Å²) in [6.45, 7) is 2.07. The second kappa shape index (κ2) is 4.35. The van der Waals surface area contributed by atoms with Gasteiger partial charge in [-0.1, -0.05) is 22.9 Å². The summed E-state index contributed by atoms with van der Waals surface area (Å²) in [4.78, 5) is 5.12. The van der Waals surface area contributed by atoms with Crippen LogP contribution in [0.15, 0.2) is 33.7 Å². The number of aromatic nitrogens is 2. The first-order valence-corrected chi connectivity index (χ1v) is 5.50.